The number of hydrogen-bond acceptors (Lipinski definition) is 4. The lowest BCUT2D eigenvalue weighted by atomic mass is 9.89. The van der Waals surface area contributed by atoms with E-state index in [0.717, 1.165) is 6.54 Å². The van der Waals surface area contributed by atoms with Crippen LogP contribution < -0.4 is 11.3 Å². The summed E-state index contributed by atoms with van der Waals surface area (Å²) in [5.74, 6) is 5.93. The molecule has 4 heteroatoms. The number of nitrogens with zero attached hydrogens (tertiary/aromatic N) is 2. The van der Waals surface area contributed by atoms with Crippen LogP contribution in [0.25, 0.3) is 0 Å². The van der Waals surface area contributed by atoms with Crippen LogP contribution in [0, 0.1) is 20.8 Å². The van der Waals surface area contributed by atoms with E-state index >= 15 is 0 Å². The van der Waals surface area contributed by atoms with E-state index in [1.165, 1.54) is 48.4 Å². The van der Waals surface area contributed by atoms with E-state index in [9.17, 15) is 0 Å². The van der Waals surface area contributed by atoms with Gasteiger partial charge in [-0.1, -0.05) is 12.1 Å². The van der Waals surface area contributed by atoms with Crippen molar-refractivity contribution < 1.29 is 0 Å². The van der Waals surface area contributed by atoms with Gasteiger partial charge >= 0.3 is 0 Å². The molecule has 0 aliphatic carbocycles. The Morgan fingerprint density at radius 2 is 1.70 bits per heavy atom. The lowest BCUT2D eigenvalue weighted by molar-refractivity contribution is -0.00379. The van der Waals surface area contributed by atoms with E-state index in [2.05, 4.69) is 48.1 Å². The Balaban J connectivity index is 1.92. The van der Waals surface area contributed by atoms with Crippen LogP contribution in [-0.2, 0) is 0 Å². The molecule has 3 heterocycles. The minimum Gasteiger partial charge on any atom is -0.299 e. The molecule has 3 fully saturated rings. The van der Waals surface area contributed by atoms with E-state index in [0.29, 0.717) is 6.04 Å². The van der Waals surface area contributed by atoms with Crippen molar-refractivity contribution in [3.63, 3.8) is 0 Å². The van der Waals surface area contributed by atoms with E-state index in [1.807, 2.05) is 0 Å². The Morgan fingerprint density at radius 3 is 2.25 bits per heavy atom. The summed E-state index contributed by atoms with van der Waals surface area (Å²) in [7, 11) is 0. The second-order valence-electron chi connectivity index (χ2n) is 6.34. The molecule has 1 aromatic rings. The van der Waals surface area contributed by atoms with Crippen LogP contribution in [0.15, 0.2) is 12.1 Å². The second kappa shape index (κ2) is 5.45. The third-order valence-electron chi connectivity index (χ3n) is 5.10. The smallest absolute Gasteiger partial charge is 0.0630 e. The largest absolute Gasteiger partial charge is 0.299 e. The quantitative estimate of drug-likeness (QED) is 0.640. The first-order valence-electron chi connectivity index (χ1n) is 7.60. The van der Waals surface area contributed by atoms with Crippen LogP contribution in [0.1, 0.15) is 28.3 Å². The molecule has 20 heavy (non-hydrogen) atoms. The van der Waals surface area contributed by atoms with Gasteiger partial charge in [-0.15, -0.1) is 0 Å². The molecule has 2 atom stereocenters. The van der Waals surface area contributed by atoms with Gasteiger partial charge in [0.1, 0.15) is 0 Å². The van der Waals surface area contributed by atoms with Gasteiger partial charge in [0.05, 0.1) is 6.04 Å². The van der Waals surface area contributed by atoms with E-state index < -0.39 is 0 Å². The highest BCUT2D eigenvalue weighted by Crippen LogP contribution is 2.30. The third kappa shape index (κ3) is 2.37. The molecule has 3 N–H and O–H groups in total. The Morgan fingerprint density at radius 1 is 1.05 bits per heavy atom. The standard InChI is InChI=1S/C16H26N4/c1-11-8-13(3)14(9-12(11)2)16(18-17)15-10-19-4-6-20(15)7-5-19/h8-9,15-16,18H,4-7,10,17H2,1-3H3. The Kier molecular flexibility index (Phi) is 3.82. The first-order chi connectivity index (χ1) is 9.60. The molecule has 0 aromatic heterocycles. The average molecular weight is 274 g/mol. The summed E-state index contributed by atoms with van der Waals surface area (Å²) in [4.78, 5) is 5.16. The monoisotopic (exact) mass is 274 g/mol. The van der Waals surface area contributed by atoms with Crippen molar-refractivity contribution in [3.05, 3.63) is 34.4 Å². The first kappa shape index (κ1) is 14.0. The van der Waals surface area contributed by atoms with Gasteiger partial charge < -0.3 is 0 Å². The van der Waals surface area contributed by atoms with Crippen molar-refractivity contribution in [3.8, 4) is 0 Å². The van der Waals surface area contributed by atoms with Gasteiger partial charge in [-0.3, -0.25) is 21.1 Å². The van der Waals surface area contributed by atoms with Gasteiger partial charge in [0.25, 0.3) is 0 Å². The zero-order valence-corrected chi connectivity index (χ0v) is 12.8. The lowest BCUT2D eigenvalue weighted by Gasteiger charge is -2.50. The van der Waals surface area contributed by atoms with Crippen molar-refractivity contribution in [2.24, 2.45) is 5.84 Å². The van der Waals surface area contributed by atoms with Crippen LogP contribution in [0.4, 0.5) is 0 Å². The molecule has 0 amide bonds. The Labute approximate surface area is 121 Å². The van der Waals surface area contributed by atoms with E-state index in [-0.39, 0.29) is 6.04 Å². The van der Waals surface area contributed by atoms with Crippen molar-refractivity contribution in [2.45, 2.75) is 32.9 Å². The third-order valence-corrected chi connectivity index (χ3v) is 5.10. The summed E-state index contributed by atoms with van der Waals surface area (Å²) in [6.07, 6.45) is 0. The summed E-state index contributed by atoms with van der Waals surface area (Å²) in [5, 5.41) is 0. The fraction of sp³-hybridized carbons (Fsp3) is 0.625. The minimum absolute atomic E-state index is 0.220. The molecule has 3 aliphatic heterocycles. The molecule has 3 aliphatic rings. The number of hydrazine groups is 1. The van der Waals surface area contributed by atoms with E-state index in [1.54, 1.807) is 0 Å². The normalized spacial score (nSPS) is 30.5. The summed E-state index contributed by atoms with van der Waals surface area (Å²) in [5.41, 5.74) is 8.50. The molecule has 0 spiro atoms. The number of hydrogen-bond donors (Lipinski definition) is 2. The molecule has 4 rings (SSSR count). The molecule has 3 saturated heterocycles. The minimum atomic E-state index is 0.220. The van der Waals surface area contributed by atoms with Crippen LogP contribution in [0.3, 0.4) is 0 Å². The maximum Gasteiger partial charge on any atom is 0.0630 e. The van der Waals surface area contributed by atoms with Gasteiger partial charge in [-0.25, -0.2) is 0 Å². The average Bonchev–Trinajstić information content (AvgIpc) is 2.46. The van der Waals surface area contributed by atoms with Crippen LogP contribution in [0.2, 0.25) is 0 Å². The van der Waals surface area contributed by atoms with Gasteiger partial charge in [0.2, 0.25) is 0 Å². The highest BCUT2D eigenvalue weighted by Gasteiger charge is 2.37. The van der Waals surface area contributed by atoms with E-state index in [4.69, 9.17) is 5.84 Å². The number of benzene rings is 1. The van der Waals surface area contributed by atoms with Crippen molar-refractivity contribution in [1.29, 1.82) is 0 Å². The molecule has 0 saturated carbocycles. The number of nitrogens with two attached hydrogens (primary N) is 1. The lowest BCUT2D eigenvalue weighted by Crippen LogP contribution is -2.64. The summed E-state index contributed by atoms with van der Waals surface area (Å²) < 4.78 is 0. The number of rotatable bonds is 3. The molecule has 0 radical (unpaired) electrons. The van der Waals surface area contributed by atoms with Crippen molar-refractivity contribution in [1.82, 2.24) is 15.2 Å². The predicted octanol–water partition coefficient (Wildman–Crippen LogP) is 1.12. The highest BCUT2D eigenvalue weighted by atomic mass is 15.4. The van der Waals surface area contributed by atoms with Crippen molar-refractivity contribution in [2.75, 3.05) is 32.7 Å². The molecule has 2 unspecified atom stereocenters. The van der Waals surface area contributed by atoms with Crippen molar-refractivity contribution >= 4 is 0 Å². The zero-order valence-electron chi connectivity index (χ0n) is 12.8. The van der Waals surface area contributed by atoms with Crippen LogP contribution in [0.5, 0.6) is 0 Å². The second-order valence-corrected chi connectivity index (χ2v) is 6.34. The Hall–Kier alpha value is -0.940. The molecular formula is C16H26N4. The number of piperazine rings is 3. The molecule has 110 valence electrons. The summed E-state index contributed by atoms with van der Waals surface area (Å²) >= 11 is 0. The SMILES string of the molecule is Cc1cc(C)c(C(NN)C2CN3CCN2CC3)cc1C. The Bertz CT molecular complexity index is 491. The summed E-state index contributed by atoms with van der Waals surface area (Å²) in [6.45, 7) is 12.4. The predicted molar refractivity (Wildman–Crippen MR) is 82.5 cm³/mol. The van der Waals surface area contributed by atoms with Gasteiger partial charge in [0.15, 0.2) is 0 Å². The fourth-order valence-corrected chi connectivity index (χ4v) is 3.70. The molecule has 2 bridgehead atoms. The molecule has 4 nitrogen and oxygen atoms in total. The number of aryl methyl sites for hydroxylation is 3. The molecule has 1 aromatic carbocycles. The van der Waals surface area contributed by atoms with Gasteiger partial charge in [0, 0.05) is 38.8 Å². The van der Waals surface area contributed by atoms with Gasteiger partial charge in [-0.2, -0.15) is 0 Å². The van der Waals surface area contributed by atoms with Crippen LogP contribution in [-0.4, -0.2) is 48.6 Å². The fourth-order valence-electron chi connectivity index (χ4n) is 3.70. The maximum atomic E-state index is 5.93. The first-order valence-corrected chi connectivity index (χ1v) is 7.60. The van der Waals surface area contributed by atoms with Gasteiger partial charge in [-0.05, 0) is 43.0 Å². The zero-order chi connectivity index (χ0) is 14.3. The summed E-state index contributed by atoms with van der Waals surface area (Å²) in [6, 6.07) is 5.31. The van der Waals surface area contributed by atoms with Crippen LogP contribution >= 0.6 is 0 Å². The number of fused-ring (bicyclic) bond motifs is 3. The number of nitrogens with one attached hydrogen (secondary N) is 1. The highest BCUT2D eigenvalue weighted by molar-refractivity contribution is 5.39. The maximum absolute atomic E-state index is 5.93. The topological polar surface area (TPSA) is 44.5 Å². The molecular weight excluding hydrogens is 248 g/mol.